The fraction of sp³-hybridized carbons (Fsp3) is 0.667. The number of nitrogens with one attached hydrogen (secondary N) is 1. The molecule has 0 spiro atoms. The fourth-order valence-corrected chi connectivity index (χ4v) is 3.99. The third-order valence-electron chi connectivity index (χ3n) is 5.80. The van der Waals surface area contributed by atoms with Gasteiger partial charge in [-0.3, -0.25) is 9.69 Å². The summed E-state index contributed by atoms with van der Waals surface area (Å²) in [6.07, 6.45) is 4.79. The molecule has 4 rings (SSSR count). The van der Waals surface area contributed by atoms with Gasteiger partial charge in [0, 0.05) is 39.3 Å². The molecule has 1 aromatic rings. The number of nitrogens with zero attached hydrogens (tertiary/aromatic N) is 2. The van der Waals surface area contributed by atoms with Gasteiger partial charge in [0.2, 0.25) is 5.91 Å². The molecule has 0 bridgehead atoms. The Morgan fingerprint density at radius 1 is 1.08 bits per heavy atom. The van der Waals surface area contributed by atoms with Gasteiger partial charge < -0.3 is 15.0 Å². The summed E-state index contributed by atoms with van der Waals surface area (Å²) in [6, 6.07) is 8.52. The van der Waals surface area contributed by atoms with Crippen molar-refractivity contribution < 1.29 is 9.53 Å². The average molecular weight is 357 g/mol. The fourth-order valence-electron chi connectivity index (χ4n) is 3.99. The Labute approximate surface area is 156 Å². The molecule has 2 heterocycles. The van der Waals surface area contributed by atoms with Gasteiger partial charge in [-0.25, -0.2) is 0 Å². The summed E-state index contributed by atoms with van der Waals surface area (Å²) in [5, 5.41) is 3.32. The van der Waals surface area contributed by atoms with E-state index in [1.807, 2.05) is 0 Å². The zero-order valence-corrected chi connectivity index (χ0v) is 15.7. The highest BCUT2D eigenvalue weighted by Crippen LogP contribution is 2.29. The quantitative estimate of drug-likeness (QED) is 0.847. The molecule has 2 saturated heterocycles. The number of amides is 1. The number of carbonyl (C=O) groups is 1. The van der Waals surface area contributed by atoms with Crippen LogP contribution >= 0.6 is 0 Å². The van der Waals surface area contributed by atoms with E-state index in [1.54, 1.807) is 0 Å². The Morgan fingerprint density at radius 2 is 1.85 bits per heavy atom. The summed E-state index contributed by atoms with van der Waals surface area (Å²) in [4.78, 5) is 17.3. The standard InChI is InChI=1S/C21H31N3O2/c25-21(24-12-9-22-10-13-24)19-2-1-11-23(15-19)14-17-5-7-20(8-6-17)26-16-18-3-4-18/h5-8,18-19,22H,1-4,9-16H2. The minimum atomic E-state index is 0.169. The molecule has 1 aliphatic carbocycles. The topological polar surface area (TPSA) is 44.8 Å². The highest BCUT2D eigenvalue weighted by Gasteiger charge is 2.29. The first-order valence-electron chi connectivity index (χ1n) is 10.2. The molecular formula is C21H31N3O2. The molecule has 142 valence electrons. The number of ether oxygens (including phenoxy) is 1. The van der Waals surface area contributed by atoms with Gasteiger partial charge in [-0.05, 0) is 55.8 Å². The van der Waals surface area contributed by atoms with Gasteiger partial charge in [0.25, 0.3) is 0 Å². The predicted octanol–water partition coefficient (Wildman–Crippen LogP) is 2.12. The average Bonchev–Trinajstić information content (AvgIpc) is 3.52. The van der Waals surface area contributed by atoms with Gasteiger partial charge in [0.15, 0.2) is 0 Å². The van der Waals surface area contributed by atoms with Crippen molar-refractivity contribution in [2.45, 2.75) is 32.2 Å². The van der Waals surface area contributed by atoms with Gasteiger partial charge in [0.05, 0.1) is 12.5 Å². The molecular weight excluding hydrogens is 326 g/mol. The van der Waals surface area contributed by atoms with Crippen molar-refractivity contribution in [2.24, 2.45) is 11.8 Å². The van der Waals surface area contributed by atoms with Crippen LogP contribution in [0, 0.1) is 11.8 Å². The van der Waals surface area contributed by atoms with E-state index in [9.17, 15) is 4.79 Å². The van der Waals surface area contributed by atoms with Gasteiger partial charge in [-0.1, -0.05) is 12.1 Å². The third-order valence-corrected chi connectivity index (χ3v) is 5.80. The Kier molecular flexibility index (Phi) is 5.75. The maximum absolute atomic E-state index is 12.8. The molecule has 1 unspecified atom stereocenters. The largest absolute Gasteiger partial charge is 0.493 e. The number of hydrogen-bond acceptors (Lipinski definition) is 4. The summed E-state index contributed by atoms with van der Waals surface area (Å²) >= 11 is 0. The van der Waals surface area contributed by atoms with Gasteiger partial charge in [0.1, 0.15) is 5.75 Å². The maximum Gasteiger partial charge on any atom is 0.227 e. The zero-order chi connectivity index (χ0) is 17.8. The first kappa shape index (κ1) is 17.8. The number of piperidine rings is 1. The highest BCUT2D eigenvalue weighted by atomic mass is 16.5. The van der Waals surface area contributed by atoms with E-state index in [2.05, 4.69) is 39.4 Å². The van der Waals surface area contributed by atoms with Crippen LogP contribution in [-0.2, 0) is 11.3 Å². The van der Waals surface area contributed by atoms with Crippen molar-refractivity contribution in [1.29, 1.82) is 0 Å². The van der Waals surface area contributed by atoms with Crippen LogP contribution in [0.25, 0.3) is 0 Å². The summed E-state index contributed by atoms with van der Waals surface area (Å²) in [5.41, 5.74) is 1.30. The molecule has 2 aliphatic heterocycles. The van der Waals surface area contributed by atoms with Crippen molar-refractivity contribution in [3.8, 4) is 5.75 Å². The number of piperazine rings is 1. The van der Waals surface area contributed by atoms with Crippen molar-refractivity contribution in [1.82, 2.24) is 15.1 Å². The highest BCUT2D eigenvalue weighted by molar-refractivity contribution is 5.79. The monoisotopic (exact) mass is 357 g/mol. The van der Waals surface area contributed by atoms with E-state index in [0.29, 0.717) is 5.91 Å². The van der Waals surface area contributed by atoms with E-state index in [-0.39, 0.29) is 5.92 Å². The minimum absolute atomic E-state index is 0.169. The molecule has 3 aliphatic rings. The van der Waals surface area contributed by atoms with Crippen LogP contribution in [-0.4, -0.2) is 61.6 Å². The lowest BCUT2D eigenvalue weighted by atomic mass is 9.95. The van der Waals surface area contributed by atoms with Crippen molar-refractivity contribution in [2.75, 3.05) is 45.9 Å². The van der Waals surface area contributed by atoms with Crippen LogP contribution in [0.15, 0.2) is 24.3 Å². The number of carbonyl (C=O) groups excluding carboxylic acids is 1. The van der Waals surface area contributed by atoms with E-state index < -0.39 is 0 Å². The molecule has 1 aromatic carbocycles. The Hall–Kier alpha value is -1.59. The summed E-state index contributed by atoms with van der Waals surface area (Å²) in [5.74, 6) is 2.29. The predicted molar refractivity (Wildman–Crippen MR) is 102 cm³/mol. The molecule has 1 amide bonds. The lowest BCUT2D eigenvalue weighted by Gasteiger charge is -2.36. The van der Waals surface area contributed by atoms with Crippen LogP contribution in [0.5, 0.6) is 5.75 Å². The second kappa shape index (κ2) is 8.40. The van der Waals surface area contributed by atoms with E-state index >= 15 is 0 Å². The van der Waals surface area contributed by atoms with E-state index in [4.69, 9.17) is 4.74 Å². The number of hydrogen-bond donors (Lipinski definition) is 1. The Morgan fingerprint density at radius 3 is 2.58 bits per heavy atom. The second-order valence-corrected chi connectivity index (χ2v) is 8.05. The van der Waals surface area contributed by atoms with Crippen LogP contribution in [0.1, 0.15) is 31.2 Å². The number of likely N-dealkylation sites (tertiary alicyclic amines) is 1. The van der Waals surface area contributed by atoms with Gasteiger partial charge >= 0.3 is 0 Å². The molecule has 1 saturated carbocycles. The molecule has 5 nitrogen and oxygen atoms in total. The van der Waals surface area contributed by atoms with Crippen molar-refractivity contribution in [3.05, 3.63) is 29.8 Å². The van der Waals surface area contributed by atoms with E-state index in [0.717, 1.165) is 76.9 Å². The number of benzene rings is 1. The lowest BCUT2D eigenvalue weighted by molar-refractivity contribution is -0.138. The molecule has 3 fully saturated rings. The van der Waals surface area contributed by atoms with Crippen LogP contribution in [0.3, 0.4) is 0 Å². The third kappa shape index (κ3) is 4.77. The van der Waals surface area contributed by atoms with Crippen LogP contribution in [0.2, 0.25) is 0 Å². The number of rotatable bonds is 6. The summed E-state index contributed by atoms with van der Waals surface area (Å²) in [6.45, 7) is 7.34. The molecule has 0 aromatic heterocycles. The lowest BCUT2D eigenvalue weighted by Crippen LogP contribution is -2.51. The summed E-state index contributed by atoms with van der Waals surface area (Å²) < 4.78 is 5.82. The van der Waals surface area contributed by atoms with Crippen LogP contribution in [0.4, 0.5) is 0 Å². The molecule has 26 heavy (non-hydrogen) atoms. The molecule has 5 heteroatoms. The van der Waals surface area contributed by atoms with Gasteiger partial charge in [-0.15, -0.1) is 0 Å². The first-order valence-corrected chi connectivity index (χ1v) is 10.2. The normalized spacial score (nSPS) is 24.5. The van der Waals surface area contributed by atoms with Crippen molar-refractivity contribution >= 4 is 5.91 Å². The van der Waals surface area contributed by atoms with E-state index in [1.165, 1.54) is 18.4 Å². The maximum atomic E-state index is 12.8. The first-order chi connectivity index (χ1) is 12.8. The van der Waals surface area contributed by atoms with Gasteiger partial charge in [-0.2, -0.15) is 0 Å². The second-order valence-electron chi connectivity index (χ2n) is 8.05. The molecule has 1 atom stereocenters. The van der Waals surface area contributed by atoms with Crippen molar-refractivity contribution in [3.63, 3.8) is 0 Å². The molecule has 1 N–H and O–H groups in total. The minimum Gasteiger partial charge on any atom is -0.493 e. The summed E-state index contributed by atoms with van der Waals surface area (Å²) in [7, 11) is 0. The Bertz CT molecular complexity index is 594. The SMILES string of the molecule is O=C(C1CCCN(Cc2ccc(OCC3CC3)cc2)C1)N1CCNCC1. The van der Waals surface area contributed by atoms with Crippen LogP contribution < -0.4 is 10.1 Å². The molecule has 0 radical (unpaired) electrons. The zero-order valence-electron chi connectivity index (χ0n) is 15.7. The Balaban J connectivity index is 1.27. The smallest absolute Gasteiger partial charge is 0.227 e.